The summed E-state index contributed by atoms with van der Waals surface area (Å²) in [5, 5.41) is 11.1. The Labute approximate surface area is 138 Å². The molecule has 0 radical (unpaired) electrons. The monoisotopic (exact) mass is 317 g/mol. The second-order valence-electron chi connectivity index (χ2n) is 5.87. The van der Waals surface area contributed by atoms with Gasteiger partial charge in [0.1, 0.15) is 24.0 Å². The van der Waals surface area contributed by atoms with Gasteiger partial charge in [0.25, 0.3) is 0 Å². The topological polar surface area (TPSA) is 40.8 Å². The zero-order valence-corrected chi connectivity index (χ0v) is 13.3. The molecule has 2 aromatic carbocycles. The van der Waals surface area contributed by atoms with Gasteiger partial charge >= 0.3 is 0 Å². The van der Waals surface area contributed by atoms with Crippen LogP contribution < -0.4 is 4.57 Å². The largest absolute Gasteiger partial charge is 0.455 e. The van der Waals surface area contributed by atoms with Gasteiger partial charge in [-0.15, -0.1) is 0 Å². The second kappa shape index (κ2) is 5.17. The van der Waals surface area contributed by atoms with Crippen LogP contribution in [0.2, 0.25) is 0 Å². The number of fused-ring (bicyclic) bond motifs is 3. The lowest BCUT2D eigenvalue weighted by Gasteiger charge is -2.05. The summed E-state index contributed by atoms with van der Waals surface area (Å²) in [5.41, 5.74) is 4.47. The number of furan rings is 1. The molecule has 0 aliphatic carbocycles. The lowest BCUT2D eigenvalue weighted by molar-refractivity contribution is -0.660. The van der Waals surface area contributed by atoms with Crippen LogP contribution in [0.4, 0.5) is 4.39 Å². The minimum atomic E-state index is -0.298. The normalized spacial score (nSPS) is 11.1. The average Bonchev–Trinajstić information content (AvgIpc) is 2.95. The maximum atomic E-state index is 13.8. The van der Waals surface area contributed by atoms with E-state index < -0.39 is 0 Å². The van der Waals surface area contributed by atoms with Crippen molar-refractivity contribution in [1.82, 2.24) is 0 Å². The zero-order valence-electron chi connectivity index (χ0n) is 13.3. The molecule has 116 valence electrons. The van der Waals surface area contributed by atoms with Crippen molar-refractivity contribution < 1.29 is 13.4 Å². The molecule has 24 heavy (non-hydrogen) atoms. The van der Waals surface area contributed by atoms with Gasteiger partial charge in [-0.2, -0.15) is 5.26 Å². The van der Waals surface area contributed by atoms with Crippen LogP contribution in [0.1, 0.15) is 11.1 Å². The van der Waals surface area contributed by atoms with Crippen LogP contribution in [0.3, 0.4) is 0 Å². The number of nitriles is 1. The van der Waals surface area contributed by atoms with E-state index in [0.717, 1.165) is 27.6 Å². The molecule has 0 fully saturated rings. The molecule has 0 amide bonds. The highest BCUT2D eigenvalue weighted by Gasteiger charge is 2.22. The number of rotatable bonds is 1. The summed E-state index contributed by atoms with van der Waals surface area (Å²) in [6.07, 6.45) is 1.69. The molecule has 0 saturated carbocycles. The van der Waals surface area contributed by atoms with Crippen LogP contribution in [0, 0.1) is 24.1 Å². The SMILES string of the molecule is Cc1ccc2c(oc3cccc(C#N)c32)c1-c1cc(F)cc[n+]1C. The summed E-state index contributed by atoms with van der Waals surface area (Å²) < 4.78 is 21.7. The molecule has 0 atom stereocenters. The maximum Gasteiger partial charge on any atom is 0.219 e. The van der Waals surface area contributed by atoms with E-state index in [1.807, 2.05) is 36.7 Å². The van der Waals surface area contributed by atoms with E-state index in [-0.39, 0.29) is 5.82 Å². The molecule has 2 aromatic heterocycles. The number of hydrogen-bond acceptors (Lipinski definition) is 2. The molecular formula is C20H14FN2O+. The number of halogens is 1. The first-order valence-corrected chi connectivity index (χ1v) is 7.60. The van der Waals surface area contributed by atoms with Gasteiger partial charge in [-0.3, -0.25) is 0 Å². The van der Waals surface area contributed by atoms with Crippen molar-refractivity contribution in [3.05, 3.63) is 65.6 Å². The number of pyridine rings is 1. The molecule has 2 heterocycles. The average molecular weight is 317 g/mol. The lowest BCUT2D eigenvalue weighted by atomic mass is 9.99. The van der Waals surface area contributed by atoms with Crippen molar-refractivity contribution in [2.75, 3.05) is 0 Å². The third-order valence-corrected chi connectivity index (χ3v) is 4.36. The quantitative estimate of drug-likeness (QED) is 0.488. The third kappa shape index (κ3) is 1.99. The van der Waals surface area contributed by atoms with Crippen LogP contribution in [0.5, 0.6) is 0 Å². The standard InChI is InChI=1S/C20H14FN2O/c1-12-6-7-15-19-13(11-22)4-3-5-17(19)24-20(15)18(12)16-10-14(21)8-9-23(16)2/h3-10H,1-2H3/q+1. The minimum absolute atomic E-state index is 0.298. The molecule has 3 nitrogen and oxygen atoms in total. The first kappa shape index (κ1) is 14.4. The van der Waals surface area contributed by atoms with Crippen LogP contribution in [0.25, 0.3) is 33.2 Å². The lowest BCUT2D eigenvalue weighted by Crippen LogP contribution is -2.30. The fourth-order valence-electron chi connectivity index (χ4n) is 3.19. The predicted molar refractivity (Wildman–Crippen MR) is 89.7 cm³/mol. The molecule has 0 saturated heterocycles. The first-order chi connectivity index (χ1) is 11.6. The fraction of sp³-hybridized carbons (Fsp3) is 0.100. The Balaban J connectivity index is 2.19. The summed E-state index contributed by atoms with van der Waals surface area (Å²) in [7, 11) is 1.87. The second-order valence-corrected chi connectivity index (χ2v) is 5.87. The summed E-state index contributed by atoms with van der Waals surface area (Å²) in [4.78, 5) is 0. The van der Waals surface area contributed by atoms with Crippen LogP contribution >= 0.6 is 0 Å². The zero-order chi connectivity index (χ0) is 16.8. The molecule has 0 N–H and O–H groups in total. The molecule has 0 unspecified atom stereocenters. The van der Waals surface area contributed by atoms with E-state index in [2.05, 4.69) is 6.07 Å². The Morgan fingerprint density at radius 1 is 1.17 bits per heavy atom. The number of nitrogens with zero attached hydrogens (tertiary/aromatic N) is 2. The molecular weight excluding hydrogens is 303 g/mol. The molecule has 0 aliphatic rings. The summed E-state index contributed by atoms with van der Waals surface area (Å²) in [6, 6.07) is 14.5. The van der Waals surface area contributed by atoms with Gasteiger partial charge in [-0.1, -0.05) is 18.2 Å². The highest BCUT2D eigenvalue weighted by molar-refractivity contribution is 6.11. The highest BCUT2D eigenvalue weighted by Crippen LogP contribution is 2.38. The molecule has 4 heteroatoms. The van der Waals surface area contributed by atoms with E-state index in [9.17, 15) is 9.65 Å². The van der Waals surface area contributed by atoms with E-state index in [1.165, 1.54) is 12.1 Å². The van der Waals surface area contributed by atoms with Gasteiger partial charge in [0, 0.05) is 22.9 Å². The fourth-order valence-corrected chi connectivity index (χ4v) is 3.19. The number of aromatic nitrogens is 1. The Morgan fingerprint density at radius 2 is 2.00 bits per heavy atom. The number of benzene rings is 2. The third-order valence-electron chi connectivity index (χ3n) is 4.36. The molecule has 0 aliphatic heterocycles. The van der Waals surface area contributed by atoms with E-state index in [0.29, 0.717) is 16.7 Å². The maximum absolute atomic E-state index is 13.8. The van der Waals surface area contributed by atoms with Crippen molar-refractivity contribution in [1.29, 1.82) is 5.26 Å². The Kier molecular flexibility index (Phi) is 3.10. The van der Waals surface area contributed by atoms with Crippen molar-refractivity contribution in [3.8, 4) is 17.3 Å². The van der Waals surface area contributed by atoms with Gasteiger partial charge in [-0.25, -0.2) is 8.96 Å². The summed E-state index contributed by atoms with van der Waals surface area (Å²) in [6.45, 7) is 1.97. The first-order valence-electron chi connectivity index (χ1n) is 7.60. The molecule has 0 spiro atoms. The van der Waals surface area contributed by atoms with E-state index >= 15 is 0 Å². The smallest absolute Gasteiger partial charge is 0.219 e. The molecule has 4 rings (SSSR count). The number of hydrogen-bond donors (Lipinski definition) is 0. The van der Waals surface area contributed by atoms with Gasteiger partial charge in [0.05, 0.1) is 17.2 Å². The Bertz CT molecular complexity index is 1150. The predicted octanol–water partition coefficient (Wildman–Crippen LogP) is 4.40. The van der Waals surface area contributed by atoms with Crippen LogP contribution in [-0.4, -0.2) is 0 Å². The van der Waals surface area contributed by atoms with Gasteiger partial charge < -0.3 is 4.42 Å². The van der Waals surface area contributed by atoms with Crippen molar-refractivity contribution >= 4 is 21.9 Å². The van der Waals surface area contributed by atoms with Crippen molar-refractivity contribution in [3.63, 3.8) is 0 Å². The van der Waals surface area contributed by atoms with E-state index in [4.69, 9.17) is 4.42 Å². The number of aryl methyl sites for hydroxylation is 2. The van der Waals surface area contributed by atoms with Crippen molar-refractivity contribution in [2.45, 2.75) is 6.92 Å². The minimum Gasteiger partial charge on any atom is -0.455 e. The Hall–Kier alpha value is -3.19. The highest BCUT2D eigenvalue weighted by atomic mass is 19.1. The van der Waals surface area contributed by atoms with E-state index in [1.54, 1.807) is 18.3 Å². The van der Waals surface area contributed by atoms with Crippen LogP contribution in [0.15, 0.2) is 53.1 Å². The van der Waals surface area contributed by atoms with Gasteiger partial charge in [0.15, 0.2) is 6.20 Å². The molecule has 4 aromatic rings. The van der Waals surface area contributed by atoms with Crippen molar-refractivity contribution in [2.24, 2.45) is 7.05 Å². The van der Waals surface area contributed by atoms with Crippen LogP contribution in [-0.2, 0) is 7.05 Å². The Morgan fingerprint density at radius 3 is 2.79 bits per heavy atom. The summed E-state index contributed by atoms with van der Waals surface area (Å²) >= 11 is 0. The molecule has 0 bridgehead atoms. The van der Waals surface area contributed by atoms with Gasteiger partial charge in [0.2, 0.25) is 5.69 Å². The summed E-state index contributed by atoms with van der Waals surface area (Å²) in [5.74, 6) is -0.298. The van der Waals surface area contributed by atoms with Gasteiger partial charge in [-0.05, 0) is 24.6 Å².